The maximum absolute atomic E-state index is 11.7. The molecule has 0 unspecified atom stereocenters. The minimum atomic E-state index is -0.511. The second-order valence-electron chi connectivity index (χ2n) is 6.84. The monoisotopic (exact) mass is 418 g/mol. The molecule has 4 N–H and O–H groups in total. The lowest BCUT2D eigenvalue weighted by Gasteiger charge is -2.22. The van der Waals surface area contributed by atoms with Gasteiger partial charge in [0.25, 0.3) is 0 Å². The van der Waals surface area contributed by atoms with Crippen LogP contribution in [0, 0.1) is 5.92 Å². The number of amides is 6. The molecule has 6 amide bonds. The van der Waals surface area contributed by atoms with Crippen LogP contribution in [0.1, 0.15) is 52.4 Å². The van der Waals surface area contributed by atoms with Crippen LogP contribution in [0.4, 0.5) is 9.59 Å². The Bertz CT molecular complexity index is 511. The standard InChI is InChI=1S/C17H30N4O4S2/c1-12(2)10-14(22)20-16(24)18-8-9-26-27-11-15(23)21-17(25)19-13-6-4-3-5-7-13/h12-13H,3-11H2,1-2H3,(H2,18,20,22,24)(H2,19,21,23,25). The van der Waals surface area contributed by atoms with E-state index in [2.05, 4.69) is 21.3 Å². The molecule has 1 fully saturated rings. The molecule has 0 aliphatic heterocycles. The van der Waals surface area contributed by atoms with E-state index in [0.717, 1.165) is 25.7 Å². The minimum absolute atomic E-state index is 0.155. The maximum atomic E-state index is 11.7. The first kappa shape index (κ1) is 23.6. The van der Waals surface area contributed by atoms with Crippen molar-refractivity contribution in [1.29, 1.82) is 0 Å². The smallest absolute Gasteiger partial charge is 0.321 e. The molecule has 8 nitrogen and oxygen atoms in total. The number of nitrogens with one attached hydrogen (secondary N) is 4. The Morgan fingerprint density at radius 2 is 1.59 bits per heavy atom. The molecule has 0 saturated heterocycles. The fourth-order valence-corrected chi connectivity index (χ4v) is 4.32. The molecule has 0 aromatic carbocycles. The average Bonchev–Trinajstić information content (AvgIpc) is 2.57. The van der Waals surface area contributed by atoms with Gasteiger partial charge in [0.05, 0.1) is 5.75 Å². The van der Waals surface area contributed by atoms with Crippen molar-refractivity contribution in [3.05, 3.63) is 0 Å². The molecule has 0 atom stereocenters. The van der Waals surface area contributed by atoms with Gasteiger partial charge in [-0.15, -0.1) is 0 Å². The Kier molecular flexibility index (Phi) is 12.0. The number of carbonyl (C=O) groups excluding carboxylic acids is 4. The zero-order valence-electron chi connectivity index (χ0n) is 16.0. The van der Waals surface area contributed by atoms with Crippen molar-refractivity contribution in [3.63, 3.8) is 0 Å². The molecule has 0 radical (unpaired) electrons. The molecule has 0 spiro atoms. The predicted octanol–water partition coefficient (Wildman–Crippen LogP) is 2.40. The summed E-state index contributed by atoms with van der Waals surface area (Å²) in [5, 5.41) is 10.0. The lowest BCUT2D eigenvalue weighted by Crippen LogP contribution is -2.45. The summed E-state index contributed by atoms with van der Waals surface area (Å²) < 4.78 is 0. The number of urea groups is 2. The van der Waals surface area contributed by atoms with Crippen molar-refractivity contribution in [3.8, 4) is 0 Å². The summed E-state index contributed by atoms with van der Waals surface area (Å²) in [6.07, 6.45) is 5.68. The Morgan fingerprint density at radius 3 is 2.26 bits per heavy atom. The molecule has 1 saturated carbocycles. The van der Waals surface area contributed by atoms with E-state index in [0.29, 0.717) is 18.7 Å². The Balaban J connectivity index is 2.00. The summed E-state index contributed by atoms with van der Waals surface area (Å²) in [7, 11) is 2.72. The summed E-state index contributed by atoms with van der Waals surface area (Å²) in [6.45, 7) is 4.19. The lowest BCUT2D eigenvalue weighted by atomic mass is 9.96. The predicted molar refractivity (Wildman–Crippen MR) is 109 cm³/mol. The highest BCUT2D eigenvalue weighted by atomic mass is 33.1. The molecule has 1 aliphatic carbocycles. The summed E-state index contributed by atoms with van der Waals surface area (Å²) in [6, 6.07) is -0.775. The molecular formula is C17H30N4O4S2. The maximum Gasteiger partial charge on any atom is 0.321 e. The van der Waals surface area contributed by atoms with Crippen LogP contribution in [0.2, 0.25) is 0 Å². The average molecular weight is 419 g/mol. The molecule has 0 heterocycles. The van der Waals surface area contributed by atoms with E-state index in [1.54, 1.807) is 0 Å². The van der Waals surface area contributed by atoms with E-state index < -0.39 is 12.1 Å². The van der Waals surface area contributed by atoms with Crippen molar-refractivity contribution < 1.29 is 19.2 Å². The number of hydrogen-bond acceptors (Lipinski definition) is 6. The summed E-state index contributed by atoms with van der Waals surface area (Å²) in [4.78, 5) is 46.4. The van der Waals surface area contributed by atoms with Crippen LogP contribution in [0.15, 0.2) is 0 Å². The normalized spacial score (nSPS) is 14.5. The third-order valence-corrected chi connectivity index (χ3v) is 6.06. The summed E-state index contributed by atoms with van der Waals surface area (Å²) >= 11 is 0. The van der Waals surface area contributed by atoms with Crippen molar-refractivity contribution >= 4 is 45.5 Å². The first-order chi connectivity index (χ1) is 12.9. The Morgan fingerprint density at radius 1 is 0.926 bits per heavy atom. The van der Waals surface area contributed by atoms with Crippen LogP contribution >= 0.6 is 21.6 Å². The summed E-state index contributed by atoms with van der Waals surface area (Å²) in [5.74, 6) is 0.291. The largest absolute Gasteiger partial charge is 0.337 e. The van der Waals surface area contributed by atoms with Crippen LogP contribution in [0.5, 0.6) is 0 Å². The van der Waals surface area contributed by atoms with E-state index in [9.17, 15) is 19.2 Å². The fraction of sp³-hybridized carbons (Fsp3) is 0.765. The fourth-order valence-electron chi connectivity index (χ4n) is 2.58. The van der Waals surface area contributed by atoms with E-state index in [4.69, 9.17) is 0 Å². The minimum Gasteiger partial charge on any atom is -0.337 e. The molecular weight excluding hydrogens is 388 g/mol. The molecule has 27 heavy (non-hydrogen) atoms. The SMILES string of the molecule is CC(C)CC(=O)NC(=O)NCCSSCC(=O)NC(=O)NC1CCCCC1. The number of imide groups is 2. The van der Waals surface area contributed by atoms with Gasteiger partial charge in [-0.05, 0) is 18.8 Å². The number of hydrogen-bond donors (Lipinski definition) is 4. The van der Waals surface area contributed by atoms with Gasteiger partial charge in [0.2, 0.25) is 11.8 Å². The quantitative estimate of drug-likeness (QED) is 0.337. The van der Waals surface area contributed by atoms with Gasteiger partial charge in [0.1, 0.15) is 0 Å². The lowest BCUT2D eigenvalue weighted by molar-refractivity contribution is -0.120. The molecule has 0 aromatic heterocycles. The topological polar surface area (TPSA) is 116 Å². The molecule has 1 rings (SSSR count). The Labute approximate surface area is 168 Å². The van der Waals surface area contributed by atoms with Gasteiger partial charge in [-0.2, -0.15) is 0 Å². The molecule has 10 heteroatoms. The van der Waals surface area contributed by atoms with Gasteiger partial charge < -0.3 is 10.6 Å². The van der Waals surface area contributed by atoms with Crippen LogP contribution in [-0.2, 0) is 9.59 Å². The first-order valence-electron chi connectivity index (χ1n) is 9.29. The number of carbonyl (C=O) groups is 4. The third kappa shape index (κ3) is 12.6. The second kappa shape index (κ2) is 13.7. The van der Waals surface area contributed by atoms with E-state index in [1.165, 1.54) is 28.0 Å². The molecule has 154 valence electrons. The first-order valence-corrected chi connectivity index (χ1v) is 11.8. The van der Waals surface area contributed by atoms with E-state index in [-0.39, 0.29) is 29.5 Å². The second-order valence-corrected chi connectivity index (χ2v) is 9.43. The molecule has 0 bridgehead atoms. The highest BCUT2D eigenvalue weighted by Gasteiger charge is 2.16. The summed E-state index contributed by atoms with van der Waals surface area (Å²) in [5.41, 5.74) is 0. The zero-order chi connectivity index (χ0) is 20.1. The van der Waals surface area contributed by atoms with E-state index >= 15 is 0 Å². The van der Waals surface area contributed by atoms with Gasteiger partial charge >= 0.3 is 12.1 Å². The van der Waals surface area contributed by atoms with Gasteiger partial charge in [-0.1, -0.05) is 54.7 Å². The van der Waals surface area contributed by atoms with Crippen molar-refractivity contribution in [1.82, 2.24) is 21.3 Å². The van der Waals surface area contributed by atoms with Crippen molar-refractivity contribution in [2.24, 2.45) is 5.92 Å². The van der Waals surface area contributed by atoms with Crippen molar-refractivity contribution in [2.75, 3.05) is 18.1 Å². The zero-order valence-corrected chi connectivity index (χ0v) is 17.6. The van der Waals surface area contributed by atoms with Gasteiger partial charge in [0.15, 0.2) is 0 Å². The van der Waals surface area contributed by atoms with Gasteiger partial charge in [0, 0.05) is 24.8 Å². The van der Waals surface area contributed by atoms with Crippen molar-refractivity contribution in [2.45, 2.75) is 58.4 Å². The molecule has 0 aromatic rings. The van der Waals surface area contributed by atoms with Gasteiger partial charge in [-0.25, -0.2) is 9.59 Å². The van der Waals surface area contributed by atoms with Crippen LogP contribution in [0.25, 0.3) is 0 Å². The highest BCUT2D eigenvalue weighted by Crippen LogP contribution is 2.20. The van der Waals surface area contributed by atoms with E-state index in [1.807, 2.05) is 13.8 Å². The van der Waals surface area contributed by atoms with Crippen LogP contribution < -0.4 is 21.3 Å². The van der Waals surface area contributed by atoms with Gasteiger partial charge in [-0.3, -0.25) is 20.2 Å². The Hall–Kier alpha value is -1.42. The number of rotatable bonds is 9. The molecule has 1 aliphatic rings. The van der Waals surface area contributed by atoms with Crippen LogP contribution in [0.3, 0.4) is 0 Å². The highest BCUT2D eigenvalue weighted by molar-refractivity contribution is 8.76. The van der Waals surface area contributed by atoms with Crippen LogP contribution in [-0.4, -0.2) is 48.0 Å². The third-order valence-electron chi connectivity index (χ3n) is 3.78.